The zero-order valence-corrected chi connectivity index (χ0v) is 32.2. The molecule has 0 aromatic heterocycles. The molecule has 2 heterocycles. The van der Waals surface area contributed by atoms with Crippen LogP contribution in [0.15, 0.2) is 48.6 Å². The Bertz CT molecular complexity index is 1100. The Kier molecular flexibility index (Phi) is 25.3. The van der Waals surface area contributed by atoms with Gasteiger partial charge in [-0.1, -0.05) is 94.6 Å². The van der Waals surface area contributed by atoms with Crippen molar-refractivity contribution in [3.8, 4) is 0 Å². The lowest BCUT2D eigenvalue weighted by molar-refractivity contribution is -0.359. The SMILES string of the molecule is CC/C=C\C/C=C\C/C=C\CCCCCCCC(=O)NC(COC1OC(CO)C(OC2OC(CO)C(O)C(O)C2O)C(O)C1O)C(O)/C=C/CCCCC. The molecule has 312 valence electrons. The van der Waals surface area contributed by atoms with Crippen LogP contribution in [-0.2, 0) is 23.7 Å². The second-order valence-corrected chi connectivity index (χ2v) is 14.0. The number of ether oxygens (including phenoxy) is 4. The first kappa shape index (κ1) is 48.1. The first-order valence-corrected chi connectivity index (χ1v) is 19.9. The number of nitrogens with one attached hydrogen (secondary N) is 1. The van der Waals surface area contributed by atoms with E-state index >= 15 is 0 Å². The largest absolute Gasteiger partial charge is 0.394 e. The van der Waals surface area contributed by atoms with Gasteiger partial charge in [-0.05, 0) is 51.4 Å². The van der Waals surface area contributed by atoms with Crippen molar-refractivity contribution in [2.45, 2.75) is 177 Å². The molecule has 0 aromatic rings. The van der Waals surface area contributed by atoms with E-state index in [4.69, 9.17) is 18.9 Å². The van der Waals surface area contributed by atoms with Gasteiger partial charge in [-0.25, -0.2) is 0 Å². The molecular formula is C40H69NO13. The van der Waals surface area contributed by atoms with Gasteiger partial charge in [0.15, 0.2) is 12.6 Å². The molecule has 12 atom stereocenters. The molecule has 12 unspecified atom stereocenters. The number of hydrogen-bond acceptors (Lipinski definition) is 13. The highest BCUT2D eigenvalue weighted by Crippen LogP contribution is 2.29. The lowest BCUT2D eigenvalue weighted by atomic mass is 9.97. The second-order valence-electron chi connectivity index (χ2n) is 14.0. The molecule has 9 N–H and O–H groups in total. The minimum absolute atomic E-state index is 0.258. The van der Waals surface area contributed by atoms with Crippen molar-refractivity contribution in [2.24, 2.45) is 0 Å². The number of allylic oxidation sites excluding steroid dienone is 7. The normalized spacial score (nSPS) is 30.6. The molecule has 0 spiro atoms. The van der Waals surface area contributed by atoms with Gasteiger partial charge in [0.05, 0.1) is 32.0 Å². The maximum atomic E-state index is 12.9. The summed E-state index contributed by atoms with van der Waals surface area (Å²) >= 11 is 0. The molecule has 2 aliphatic heterocycles. The molecule has 2 rings (SSSR count). The number of rotatable bonds is 27. The van der Waals surface area contributed by atoms with Crippen LogP contribution >= 0.6 is 0 Å². The molecule has 0 saturated carbocycles. The van der Waals surface area contributed by atoms with Gasteiger partial charge >= 0.3 is 0 Å². The quantitative estimate of drug-likeness (QED) is 0.0432. The van der Waals surface area contributed by atoms with Crippen molar-refractivity contribution >= 4 is 5.91 Å². The van der Waals surface area contributed by atoms with Crippen LogP contribution in [0.2, 0.25) is 0 Å². The number of carbonyl (C=O) groups excluding carboxylic acids is 1. The molecule has 14 heteroatoms. The van der Waals surface area contributed by atoms with E-state index in [0.717, 1.165) is 77.0 Å². The summed E-state index contributed by atoms with van der Waals surface area (Å²) < 4.78 is 22.4. The van der Waals surface area contributed by atoms with Crippen LogP contribution in [-0.4, -0.2) is 140 Å². The molecule has 2 fully saturated rings. The van der Waals surface area contributed by atoms with E-state index in [2.05, 4.69) is 55.6 Å². The highest BCUT2D eigenvalue weighted by molar-refractivity contribution is 5.76. The number of unbranched alkanes of at least 4 members (excludes halogenated alkanes) is 8. The molecule has 54 heavy (non-hydrogen) atoms. The van der Waals surface area contributed by atoms with E-state index in [1.807, 2.05) is 6.08 Å². The van der Waals surface area contributed by atoms with Crippen LogP contribution in [0, 0.1) is 0 Å². The molecule has 1 amide bonds. The summed E-state index contributed by atoms with van der Waals surface area (Å²) in [5, 5.41) is 85.7. The Morgan fingerprint density at radius 1 is 0.685 bits per heavy atom. The van der Waals surface area contributed by atoms with Gasteiger partial charge in [0.1, 0.15) is 48.8 Å². The molecule has 0 radical (unpaired) electrons. The van der Waals surface area contributed by atoms with Gasteiger partial charge in [0, 0.05) is 6.42 Å². The third kappa shape index (κ3) is 17.4. The minimum atomic E-state index is -1.79. The number of carbonyl (C=O) groups is 1. The van der Waals surface area contributed by atoms with Crippen LogP contribution in [0.25, 0.3) is 0 Å². The first-order chi connectivity index (χ1) is 26.1. The van der Waals surface area contributed by atoms with E-state index < -0.39 is 86.8 Å². The number of hydrogen-bond donors (Lipinski definition) is 9. The Labute approximate surface area is 321 Å². The molecule has 2 saturated heterocycles. The van der Waals surface area contributed by atoms with Gasteiger partial charge in [-0.2, -0.15) is 0 Å². The van der Waals surface area contributed by atoms with E-state index in [9.17, 15) is 45.6 Å². The highest BCUT2D eigenvalue weighted by atomic mass is 16.7. The van der Waals surface area contributed by atoms with Crippen molar-refractivity contribution in [3.63, 3.8) is 0 Å². The molecule has 2 aliphatic rings. The lowest BCUT2D eigenvalue weighted by Crippen LogP contribution is -2.65. The van der Waals surface area contributed by atoms with Crippen LogP contribution in [0.5, 0.6) is 0 Å². The van der Waals surface area contributed by atoms with Gasteiger partial charge in [0.25, 0.3) is 0 Å². The predicted octanol–water partition coefficient (Wildman–Crippen LogP) is 2.20. The van der Waals surface area contributed by atoms with Crippen molar-refractivity contribution < 1.29 is 64.6 Å². The third-order valence-corrected chi connectivity index (χ3v) is 9.52. The minimum Gasteiger partial charge on any atom is -0.394 e. The maximum Gasteiger partial charge on any atom is 0.220 e. The number of aliphatic hydroxyl groups is 8. The smallest absolute Gasteiger partial charge is 0.220 e. The Balaban J connectivity index is 1.88. The van der Waals surface area contributed by atoms with Crippen molar-refractivity contribution in [3.05, 3.63) is 48.6 Å². The standard InChI is InChI=1S/C40H69NO13/c1-3-5-7-9-10-11-12-13-14-15-16-17-18-20-22-24-32(45)41-28(29(44)23-21-19-8-6-4-2)27-51-39-37(50)35(48)38(31(26-43)53-39)54-40-36(49)34(47)33(46)30(25-42)52-40/h5,7,10-11,13-14,21,23,28-31,33-40,42-44,46-50H,3-4,6,8-9,12,15-20,22,24-27H2,1-2H3,(H,41,45)/b7-5-,11-10-,14-13-,23-21+. The first-order valence-electron chi connectivity index (χ1n) is 19.9. The summed E-state index contributed by atoms with van der Waals surface area (Å²) in [4.78, 5) is 12.9. The third-order valence-electron chi connectivity index (χ3n) is 9.52. The van der Waals surface area contributed by atoms with Gasteiger partial charge in [-0.15, -0.1) is 0 Å². The van der Waals surface area contributed by atoms with Gasteiger partial charge < -0.3 is 65.1 Å². The zero-order valence-electron chi connectivity index (χ0n) is 32.2. The molecule has 0 bridgehead atoms. The second kappa shape index (κ2) is 28.4. The average Bonchev–Trinajstić information content (AvgIpc) is 3.17. The van der Waals surface area contributed by atoms with E-state index in [1.54, 1.807) is 6.08 Å². The average molecular weight is 772 g/mol. The Hall–Kier alpha value is -2.05. The van der Waals surface area contributed by atoms with Crippen LogP contribution in [0.4, 0.5) is 0 Å². The molecule has 14 nitrogen and oxygen atoms in total. The molecule has 0 aromatic carbocycles. The summed E-state index contributed by atoms with van der Waals surface area (Å²) in [5.74, 6) is -0.269. The zero-order chi connectivity index (χ0) is 39.7. The topological polar surface area (TPSA) is 228 Å². The lowest BCUT2D eigenvalue weighted by Gasteiger charge is -2.46. The number of amides is 1. The van der Waals surface area contributed by atoms with Crippen LogP contribution < -0.4 is 5.32 Å². The van der Waals surface area contributed by atoms with E-state index in [1.165, 1.54) is 0 Å². The summed E-state index contributed by atoms with van der Waals surface area (Å²) in [6.07, 6.45) is 12.3. The Morgan fingerprint density at radius 3 is 1.96 bits per heavy atom. The van der Waals surface area contributed by atoms with Gasteiger partial charge in [-0.3, -0.25) is 4.79 Å². The molecular weight excluding hydrogens is 702 g/mol. The molecule has 0 aliphatic carbocycles. The summed E-state index contributed by atoms with van der Waals surface area (Å²) in [7, 11) is 0. The summed E-state index contributed by atoms with van der Waals surface area (Å²) in [6, 6.07) is -0.919. The van der Waals surface area contributed by atoms with Crippen molar-refractivity contribution in [1.29, 1.82) is 0 Å². The van der Waals surface area contributed by atoms with Crippen molar-refractivity contribution in [1.82, 2.24) is 5.32 Å². The van der Waals surface area contributed by atoms with E-state index in [0.29, 0.717) is 6.42 Å². The Morgan fingerprint density at radius 2 is 1.28 bits per heavy atom. The van der Waals surface area contributed by atoms with Crippen LogP contribution in [0.1, 0.15) is 104 Å². The fourth-order valence-corrected chi connectivity index (χ4v) is 6.18. The predicted molar refractivity (Wildman–Crippen MR) is 203 cm³/mol. The number of aliphatic hydroxyl groups excluding tert-OH is 8. The fourth-order valence-electron chi connectivity index (χ4n) is 6.18. The monoisotopic (exact) mass is 771 g/mol. The summed E-state index contributed by atoms with van der Waals surface area (Å²) in [5.41, 5.74) is 0. The fraction of sp³-hybridized carbons (Fsp3) is 0.775. The van der Waals surface area contributed by atoms with Crippen LogP contribution in [0.3, 0.4) is 0 Å². The van der Waals surface area contributed by atoms with Crippen molar-refractivity contribution in [2.75, 3.05) is 19.8 Å². The summed E-state index contributed by atoms with van der Waals surface area (Å²) in [6.45, 7) is 2.48. The van der Waals surface area contributed by atoms with Gasteiger partial charge in [0.2, 0.25) is 5.91 Å². The van der Waals surface area contributed by atoms with E-state index in [-0.39, 0.29) is 18.9 Å². The maximum absolute atomic E-state index is 12.9. The highest BCUT2D eigenvalue weighted by Gasteiger charge is 2.50.